The van der Waals surface area contributed by atoms with Gasteiger partial charge in [0.15, 0.2) is 5.96 Å². The van der Waals surface area contributed by atoms with Crippen LogP contribution >= 0.6 is 0 Å². The molecule has 0 spiro atoms. The number of hydrogen-bond donors (Lipinski definition) is 2. The Morgan fingerprint density at radius 3 is 3.06 bits per heavy atom. The first-order chi connectivity index (χ1) is 7.84. The third-order valence-electron chi connectivity index (χ3n) is 3.28. The van der Waals surface area contributed by atoms with Crippen LogP contribution in [0.3, 0.4) is 0 Å². The number of nitrogens with two attached hydrogens (primary N) is 1. The van der Waals surface area contributed by atoms with E-state index in [0.717, 1.165) is 13.0 Å². The van der Waals surface area contributed by atoms with Crippen LogP contribution in [-0.4, -0.2) is 18.5 Å². The predicted octanol–water partition coefficient (Wildman–Crippen LogP) is 2.33. The molecule has 0 aliphatic heterocycles. The second-order valence-corrected chi connectivity index (χ2v) is 4.90. The molecule has 0 heterocycles. The molecule has 0 aromatic carbocycles. The van der Waals surface area contributed by atoms with Gasteiger partial charge in [0.05, 0.1) is 0 Å². The second-order valence-electron chi connectivity index (χ2n) is 4.90. The van der Waals surface area contributed by atoms with E-state index in [0.29, 0.717) is 12.0 Å². The van der Waals surface area contributed by atoms with Crippen molar-refractivity contribution in [2.75, 3.05) is 6.54 Å². The first-order valence-electron chi connectivity index (χ1n) is 6.59. The summed E-state index contributed by atoms with van der Waals surface area (Å²) in [5.74, 6) is 0.636. The highest BCUT2D eigenvalue weighted by molar-refractivity contribution is 5.78. The van der Waals surface area contributed by atoms with Crippen molar-refractivity contribution in [1.82, 2.24) is 5.32 Å². The van der Waals surface area contributed by atoms with Crippen molar-refractivity contribution in [2.45, 2.75) is 57.4 Å². The van der Waals surface area contributed by atoms with Gasteiger partial charge in [-0.05, 0) is 44.9 Å². The fraction of sp³-hybridized carbons (Fsp3) is 0.769. The van der Waals surface area contributed by atoms with Crippen molar-refractivity contribution in [1.29, 1.82) is 0 Å². The largest absolute Gasteiger partial charge is 0.370 e. The van der Waals surface area contributed by atoms with Gasteiger partial charge in [0, 0.05) is 12.6 Å². The molecular weight excluding hydrogens is 198 g/mol. The van der Waals surface area contributed by atoms with Crippen LogP contribution in [-0.2, 0) is 0 Å². The van der Waals surface area contributed by atoms with E-state index in [4.69, 9.17) is 5.73 Å². The molecule has 2 aliphatic rings. The van der Waals surface area contributed by atoms with E-state index in [2.05, 4.69) is 16.4 Å². The highest BCUT2D eigenvalue weighted by atomic mass is 15.1. The standard InChI is InChI=1S/C13H23N3/c14-13(16-12-7-8-12)15-10-9-11-5-3-1-2-4-6-11/h5,12H,1-4,6-10H2,(H3,14,15,16). The zero-order valence-corrected chi connectivity index (χ0v) is 10.0. The Kier molecular flexibility index (Phi) is 4.25. The molecule has 0 atom stereocenters. The van der Waals surface area contributed by atoms with Crippen LogP contribution in [0, 0.1) is 0 Å². The van der Waals surface area contributed by atoms with Gasteiger partial charge in [-0.1, -0.05) is 18.1 Å². The Hall–Kier alpha value is -0.990. The Labute approximate surface area is 98.2 Å². The van der Waals surface area contributed by atoms with Crippen LogP contribution < -0.4 is 11.1 Å². The fourth-order valence-electron chi connectivity index (χ4n) is 2.11. The molecular formula is C13H23N3. The van der Waals surface area contributed by atoms with Crippen molar-refractivity contribution < 1.29 is 0 Å². The minimum Gasteiger partial charge on any atom is -0.370 e. The minimum atomic E-state index is 0.612. The monoisotopic (exact) mass is 221 g/mol. The zero-order chi connectivity index (χ0) is 11.2. The van der Waals surface area contributed by atoms with Gasteiger partial charge in [-0.15, -0.1) is 0 Å². The summed E-state index contributed by atoms with van der Waals surface area (Å²) in [4.78, 5) is 4.37. The van der Waals surface area contributed by atoms with E-state index in [1.54, 1.807) is 5.57 Å². The van der Waals surface area contributed by atoms with E-state index >= 15 is 0 Å². The van der Waals surface area contributed by atoms with Crippen molar-refractivity contribution >= 4 is 5.96 Å². The molecule has 0 aromatic rings. The molecule has 1 saturated carbocycles. The van der Waals surface area contributed by atoms with Crippen LogP contribution in [0.15, 0.2) is 16.6 Å². The number of nitrogens with one attached hydrogen (secondary N) is 1. The number of aliphatic imine (C=N–C) groups is 1. The SMILES string of the molecule is NC(=NCCC1=CCCCCC1)NC1CC1. The molecule has 1 fully saturated rings. The summed E-state index contributed by atoms with van der Waals surface area (Å²) in [6, 6.07) is 0.612. The molecule has 16 heavy (non-hydrogen) atoms. The van der Waals surface area contributed by atoms with Crippen molar-refractivity contribution in [3.63, 3.8) is 0 Å². The van der Waals surface area contributed by atoms with Gasteiger partial charge in [-0.25, -0.2) is 0 Å². The van der Waals surface area contributed by atoms with Crippen molar-refractivity contribution in [2.24, 2.45) is 10.7 Å². The third kappa shape index (κ3) is 4.25. The van der Waals surface area contributed by atoms with Crippen LogP contribution in [0.5, 0.6) is 0 Å². The van der Waals surface area contributed by atoms with Crippen LogP contribution in [0.25, 0.3) is 0 Å². The maximum absolute atomic E-state index is 5.78. The molecule has 0 bridgehead atoms. The van der Waals surface area contributed by atoms with E-state index in [1.165, 1.54) is 44.9 Å². The number of guanidine groups is 1. The predicted molar refractivity (Wildman–Crippen MR) is 68.4 cm³/mol. The Morgan fingerprint density at radius 1 is 1.38 bits per heavy atom. The molecule has 3 heteroatoms. The molecule has 90 valence electrons. The molecule has 0 unspecified atom stereocenters. The molecule has 3 N–H and O–H groups in total. The third-order valence-corrected chi connectivity index (χ3v) is 3.28. The number of hydrogen-bond acceptors (Lipinski definition) is 1. The molecule has 0 radical (unpaired) electrons. The summed E-state index contributed by atoms with van der Waals surface area (Å²) in [6.07, 6.45) is 12.6. The second kappa shape index (κ2) is 5.92. The van der Waals surface area contributed by atoms with Gasteiger partial charge in [-0.2, -0.15) is 0 Å². The number of rotatable bonds is 4. The summed E-state index contributed by atoms with van der Waals surface area (Å²) in [6.45, 7) is 0.845. The minimum absolute atomic E-state index is 0.612. The van der Waals surface area contributed by atoms with E-state index in [-0.39, 0.29) is 0 Å². The fourth-order valence-corrected chi connectivity index (χ4v) is 2.11. The lowest BCUT2D eigenvalue weighted by atomic mass is 10.1. The van der Waals surface area contributed by atoms with Gasteiger partial charge < -0.3 is 11.1 Å². The summed E-state index contributed by atoms with van der Waals surface area (Å²) < 4.78 is 0. The Balaban J connectivity index is 1.67. The molecule has 2 rings (SSSR count). The van der Waals surface area contributed by atoms with Crippen LogP contribution in [0.4, 0.5) is 0 Å². The molecule has 2 aliphatic carbocycles. The molecule has 0 aromatic heterocycles. The normalized spacial score (nSPS) is 22.5. The van der Waals surface area contributed by atoms with E-state index in [1.807, 2.05) is 0 Å². The van der Waals surface area contributed by atoms with Gasteiger partial charge in [0.25, 0.3) is 0 Å². The maximum atomic E-state index is 5.78. The van der Waals surface area contributed by atoms with Gasteiger partial charge >= 0.3 is 0 Å². The lowest BCUT2D eigenvalue weighted by molar-refractivity contribution is 0.702. The van der Waals surface area contributed by atoms with E-state index in [9.17, 15) is 0 Å². The zero-order valence-electron chi connectivity index (χ0n) is 10.0. The summed E-state index contributed by atoms with van der Waals surface area (Å²) >= 11 is 0. The highest BCUT2D eigenvalue weighted by Gasteiger charge is 2.21. The lowest BCUT2D eigenvalue weighted by Crippen LogP contribution is -2.33. The average molecular weight is 221 g/mol. The number of allylic oxidation sites excluding steroid dienone is 1. The van der Waals surface area contributed by atoms with Gasteiger partial charge in [0.2, 0.25) is 0 Å². The first kappa shape index (κ1) is 11.5. The molecule has 3 nitrogen and oxygen atoms in total. The molecule has 0 saturated heterocycles. The van der Waals surface area contributed by atoms with Crippen molar-refractivity contribution in [3.05, 3.63) is 11.6 Å². The van der Waals surface area contributed by atoms with Crippen LogP contribution in [0.2, 0.25) is 0 Å². The Bertz CT molecular complexity index is 277. The van der Waals surface area contributed by atoms with Crippen LogP contribution in [0.1, 0.15) is 51.4 Å². The van der Waals surface area contributed by atoms with Gasteiger partial charge in [0.1, 0.15) is 0 Å². The lowest BCUT2D eigenvalue weighted by Gasteiger charge is -2.05. The molecule has 0 amide bonds. The highest BCUT2D eigenvalue weighted by Crippen LogP contribution is 2.20. The summed E-state index contributed by atoms with van der Waals surface area (Å²) in [5.41, 5.74) is 7.36. The maximum Gasteiger partial charge on any atom is 0.188 e. The van der Waals surface area contributed by atoms with Gasteiger partial charge in [-0.3, -0.25) is 4.99 Å². The summed E-state index contributed by atoms with van der Waals surface area (Å²) in [7, 11) is 0. The smallest absolute Gasteiger partial charge is 0.188 e. The topological polar surface area (TPSA) is 50.4 Å². The van der Waals surface area contributed by atoms with Crippen molar-refractivity contribution in [3.8, 4) is 0 Å². The summed E-state index contributed by atoms with van der Waals surface area (Å²) in [5, 5.41) is 3.21. The Morgan fingerprint density at radius 2 is 2.25 bits per heavy atom. The quantitative estimate of drug-likeness (QED) is 0.435. The average Bonchev–Trinajstić information content (AvgIpc) is 3.05. The first-order valence-corrected chi connectivity index (χ1v) is 6.59. The van der Waals surface area contributed by atoms with E-state index < -0.39 is 0 Å². The number of nitrogens with zero attached hydrogens (tertiary/aromatic N) is 1.